The molecule has 2 rings (SSSR count). The van der Waals surface area contributed by atoms with Crippen LogP contribution in [-0.4, -0.2) is 16.7 Å². The van der Waals surface area contributed by atoms with E-state index < -0.39 is 0 Å². The van der Waals surface area contributed by atoms with Gasteiger partial charge in [-0.05, 0) is 19.1 Å². The molecule has 1 aromatic rings. The van der Waals surface area contributed by atoms with Crippen molar-refractivity contribution in [3.8, 4) is 0 Å². The molecule has 2 N–H and O–H groups in total. The summed E-state index contributed by atoms with van der Waals surface area (Å²) < 4.78 is 4.93. The number of anilines is 1. The molecule has 1 aliphatic heterocycles. The van der Waals surface area contributed by atoms with E-state index in [1.54, 1.807) is 0 Å². The van der Waals surface area contributed by atoms with Crippen LogP contribution in [0.3, 0.4) is 0 Å². The Hall–Kier alpha value is -0.640. The van der Waals surface area contributed by atoms with E-state index in [1.165, 1.54) is 12.2 Å². The molecule has 1 unspecified atom stereocenters. The Labute approximate surface area is 75.7 Å². The van der Waals surface area contributed by atoms with E-state index in [4.69, 9.17) is 10.3 Å². The molecule has 0 aliphatic carbocycles. The highest BCUT2D eigenvalue weighted by Crippen LogP contribution is 2.36. The minimum Gasteiger partial charge on any atom is -0.367 e. The zero-order valence-electron chi connectivity index (χ0n) is 7.04. The molecule has 12 heavy (non-hydrogen) atoms. The number of thioether (sulfide) groups is 1. The lowest BCUT2D eigenvalue weighted by atomic mass is 9.99. The molecular formula is C8H12N2OS. The molecule has 3 nitrogen and oxygen atoms in total. The molecule has 0 saturated carbocycles. The average molecular weight is 184 g/mol. The van der Waals surface area contributed by atoms with Crippen LogP contribution in [0.5, 0.6) is 0 Å². The van der Waals surface area contributed by atoms with Gasteiger partial charge in [0.1, 0.15) is 0 Å². The molecule has 0 bridgehead atoms. The number of aromatic nitrogens is 1. The molecule has 1 saturated heterocycles. The van der Waals surface area contributed by atoms with Crippen LogP contribution in [0.2, 0.25) is 0 Å². The van der Waals surface area contributed by atoms with Gasteiger partial charge in [-0.25, -0.2) is 0 Å². The van der Waals surface area contributed by atoms with Crippen LogP contribution in [0.4, 0.5) is 5.88 Å². The third kappa shape index (κ3) is 1.20. The molecule has 0 radical (unpaired) electrons. The Morgan fingerprint density at radius 2 is 2.50 bits per heavy atom. The number of hydrogen-bond donors (Lipinski definition) is 1. The zero-order chi connectivity index (χ0) is 8.55. The number of hydrogen-bond acceptors (Lipinski definition) is 4. The number of rotatable bonds is 1. The third-order valence-corrected chi connectivity index (χ3v) is 3.44. The number of nitrogen functional groups attached to an aromatic ring is 1. The molecule has 1 aromatic heterocycles. The Morgan fingerprint density at radius 3 is 3.00 bits per heavy atom. The summed E-state index contributed by atoms with van der Waals surface area (Å²) in [6, 6.07) is 0. The first-order chi connectivity index (χ1) is 5.79. The highest BCUT2D eigenvalue weighted by atomic mass is 32.2. The SMILES string of the molecule is Cc1noc(N)c1C1CCSC1. The van der Waals surface area contributed by atoms with E-state index in [0.717, 1.165) is 17.0 Å². The summed E-state index contributed by atoms with van der Waals surface area (Å²) in [5, 5.41) is 3.85. The van der Waals surface area contributed by atoms with Gasteiger partial charge in [-0.15, -0.1) is 0 Å². The van der Waals surface area contributed by atoms with E-state index in [0.29, 0.717) is 11.8 Å². The van der Waals surface area contributed by atoms with Gasteiger partial charge in [0.15, 0.2) is 0 Å². The Balaban J connectivity index is 2.30. The molecule has 2 heterocycles. The van der Waals surface area contributed by atoms with Gasteiger partial charge in [-0.3, -0.25) is 0 Å². The second-order valence-corrected chi connectivity index (χ2v) is 4.26. The van der Waals surface area contributed by atoms with Crippen molar-refractivity contribution < 1.29 is 4.52 Å². The highest BCUT2D eigenvalue weighted by Gasteiger charge is 2.24. The predicted octanol–water partition coefficient (Wildman–Crippen LogP) is 1.79. The van der Waals surface area contributed by atoms with Gasteiger partial charge in [-0.1, -0.05) is 5.16 Å². The lowest BCUT2D eigenvalue weighted by Crippen LogP contribution is -2.00. The quantitative estimate of drug-likeness (QED) is 0.723. The highest BCUT2D eigenvalue weighted by molar-refractivity contribution is 7.99. The van der Waals surface area contributed by atoms with Gasteiger partial charge >= 0.3 is 0 Å². The van der Waals surface area contributed by atoms with Crippen molar-refractivity contribution in [3.05, 3.63) is 11.3 Å². The number of nitrogens with zero attached hydrogens (tertiary/aromatic N) is 1. The monoisotopic (exact) mass is 184 g/mol. The molecule has 1 atom stereocenters. The average Bonchev–Trinajstić information content (AvgIpc) is 2.61. The smallest absolute Gasteiger partial charge is 0.225 e. The third-order valence-electron chi connectivity index (χ3n) is 2.27. The van der Waals surface area contributed by atoms with Crippen molar-refractivity contribution in [1.82, 2.24) is 5.16 Å². The summed E-state index contributed by atoms with van der Waals surface area (Å²) in [6.45, 7) is 1.96. The topological polar surface area (TPSA) is 52.0 Å². The van der Waals surface area contributed by atoms with Crippen molar-refractivity contribution in [1.29, 1.82) is 0 Å². The minimum absolute atomic E-state index is 0.514. The first-order valence-electron chi connectivity index (χ1n) is 4.08. The molecule has 0 aromatic carbocycles. The fourth-order valence-corrected chi connectivity index (χ4v) is 2.89. The van der Waals surface area contributed by atoms with Gasteiger partial charge in [0.25, 0.3) is 0 Å². The van der Waals surface area contributed by atoms with Crippen LogP contribution in [-0.2, 0) is 0 Å². The largest absolute Gasteiger partial charge is 0.367 e. The normalized spacial score (nSPS) is 23.2. The lowest BCUT2D eigenvalue weighted by Gasteiger charge is -2.05. The summed E-state index contributed by atoms with van der Waals surface area (Å²) in [5.74, 6) is 3.47. The zero-order valence-corrected chi connectivity index (χ0v) is 7.86. The molecule has 0 spiro atoms. The maximum absolute atomic E-state index is 5.68. The van der Waals surface area contributed by atoms with Crippen LogP contribution in [0.15, 0.2) is 4.52 Å². The maximum Gasteiger partial charge on any atom is 0.225 e. The standard InChI is InChI=1S/C8H12N2OS/c1-5-7(8(9)11-10-5)6-2-3-12-4-6/h6H,2-4,9H2,1H3. The van der Waals surface area contributed by atoms with Gasteiger partial charge < -0.3 is 10.3 Å². The van der Waals surface area contributed by atoms with Crippen LogP contribution in [0.25, 0.3) is 0 Å². The van der Waals surface area contributed by atoms with Gasteiger partial charge in [0.05, 0.1) is 5.69 Å². The van der Waals surface area contributed by atoms with Crippen LogP contribution in [0, 0.1) is 6.92 Å². The second-order valence-electron chi connectivity index (χ2n) is 3.11. The van der Waals surface area contributed by atoms with Crippen LogP contribution < -0.4 is 5.73 Å². The van der Waals surface area contributed by atoms with E-state index in [-0.39, 0.29) is 0 Å². The van der Waals surface area contributed by atoms with Crippen LogP contribution in [0.1, 0.15) is 23.6 Å². The fourth-order valence-electron chi connectivity index (χ4n) is 1.65. The van der Waals surface area contributed by atoms with Crippen molar-refractivity contribution in [3.63, 3.8) is 0 Å². The van der Waals surface area contributed by atoms with E-state index in [2.05, 4.69) is 5.16 Å². The Kier molecular flexibility index (Phi) is 2.00. The minimum atomic E-state index is 0.514. The lowest BCUT2D eigenvalue weighted by molar-refractivity contribution is 0.430. The first kappa shape index (κ1) is 7.98. The predicted molar refractivity (Wildman–Crippen MR) is 50.3 cm³/mol. The fraction of sp³-hybridized carbons (Fsp3) is 0.625. The van der Waals surface area contributed by atoms with E-state index >= 15 is 0 Å². The summed E-state index contributed by atoms with van der Waals surface area (Å²) in [5.41, 5.74) is 7.78. The summed E-state index contributed by atoms with van der Waals surface area (Å²) >= 11 is 1.97. The van der Waals surface area contributed by atoms with Crippen molar-refractivity contribution in [2.75, 3.05) is 17.2 Å². The van der Waals surface area contributed by atoms with Crippen molar-refractivity contribution in [2.45, 2.75) is 19.3 Å². The summed E-state index contributed by atoms with van der Waals surface area (Å²) in [4.78, 5) is 0. The second kappa shape index (κ2) is 3.01. The van der Waals surface area contributed by atoms with Gasteiger partial charge in [0.2, 0.25) is 5.88 Å². The molecule has 1 fully saturated rings. The van der Waals surface area contributed by atoms with Crippen molar-refractivity contribution in [2.24, 2.45) is 0 Å². The number of aryl methyl sites for hydroxylation is 1. The van der Waals surface area contributed by atoms with Gasteiger partial charge in [-0.2, -0.15) is 11.8 Å². The summed E-state index contributed by atoms with van der Waals surface area (Å²) in [6.07, 6.45) is 1.21. The molecule has 0 amide bonds. The Bertz CT molecular complexity index is 259. The first-order valence-corrected chi connectivity index (χ1v) is 5.24. The molecule has 1 aliphatic rings. The van der Waals surface area contributed by atoms with Gasteiger partial charge in [0, 0.05) is 17.2 Å². The molecular weight excluding hydrogens is 172 g/mol. The number of nitrogens with two attached hydrogens (primary N) is 1. The molecule has 66 valence electrons. The summed E-state index contributed by atoms with van der Waals surface area (Å²) in [7, 11) is 0. The maximum atomic E-state index is 5.68. The van der Waals surface area contributed by atoms with Crippen molar-refractivity contribution >= 4 is 17.6 Å². The molecule has 4 heteroatoms. The van der Waals surface area contributed by atoms with E-state index in [1.807, 2.05) is 18.7 Å². The Morgan fingerprint density at radius 1 is 1.67 bits per heavy atom. The van der Waals surface area contributed by atoms with Crippen LogP contribution >= 0.6 is 11.8 Å². The van der Waals surface area contributed by atoms with E-state index in [9.17, 15) is 0 Å².